The molecule has 0 aromatic carbocycles. The van der Waals surface area contributed by atoms with E-state index in [1.165, 1.54) is 0 Å². The molecule has 1 N–H and O–H groups in total. The lowest BCUT2D eigenvalue weighted by atomic mass is 10.5. The topological polar surface area (TPSA) is 38.5 Å². The van der Waals surface area contributed by atoms with Crippen molar-refractivity contribution in [1.82, 2.24) is 19.3 Å². The number of hydrogen-bond donors (Lipinski definition) is 1. The summed E-state index contributed by atoms with van der Waals surface area (Å²) in [6.45, 7) is 4.94. The quantitative estimate of drug-likeness (QED) is 0.767. The van der Waals surface area contributed by atoms with Crippen molar-refractivity contribution in [3.8, 4) is 5.69 Å². The van der Waals surface area contributed by atoms with Crippen LogP contribution in [0.25, 0.3) is 5.69 Å². The fraction of sp³-hybridized carbons (Fsp3) is 0.333. The van der Waals surface area contributed by atoms with Gasteiger partial charge in [0.25, 0.3) is 0 Å². The summed E-state index contributed by atoms with van der Waals surface area (Å²) in [5.74, 6) is 0. The van der Waals surface area contributed by atoms with E-state index in [1.807, 2.05) is 34.8 Å². The van der Waals surface area contributed by atoms with E-state index in [0.29, 0.717) is 4.77 Å². The van der Waals surface area contributed by atoms with Gasteiger partial charge in [0.1, 0.15) is 0 Å². The summed E-state index contributed by atoms with van der Waals surface area (Å²) in [5.41, 5.74) is 2.10. The van der Waals surface area contributed by atoms with Gasteiger partial charge in [-0.3, -0.25) is 9.25 Å². The van der Waals surface area contributed by atoms with Gasteiger partial charge >= 0.3 is 0 Å². The van der Waals surface area contributed by atoms with Crippen molar-refractivity contribution in [2.75, 3.05) is 0 Å². The zero-order chi connectivity index (χ0) is 10.1. The largest absolute Gasteiger partial charge is 0.337 e. The summed E-state index contributed by atoms with van der Waals surface area (Å²) >= 11 is 5.17. The number of imidazole rings is 1. The molecule has 0 aliphatic carbocycles. The summed E-state index contributed by atoms with van der Waals surface area (Å²) in [6, 6.07) is 0. The minimum absolute atomic E-state index is 0.707. The van der Waals surface area contributed by atoms with Gasteiger partial charge in [0, 0.05) is 24.6 Å². The molecule has 0 aliphatic heterocycles. The zero-order valence-electron chi connectivity index (χ0n) is 8.19. The molecule has 0 saturated carbocycles. The second-order valence-electron chi connectivity index (χ2n) is 3.12. The molecular weight excluding hydrogens is 196 g/mol. The molecule has 0 atom stereocenters. The highest BCUT2D eigenvalue weighted by atomic mass is 32.1. The molecule has 0 spiro atoms. The first-order valence-corrected chi connectivity index (χ1v) is 4.93. The van der Waals surface area contributed by atoms with Crippen LogP contribution in [-0.2, 0) is 6.54 Å². The molecule has 2 heterocycles. The first-order chi connectivity index (χ1) is 6.72. The molecule has 74 valence electrons. The number of aromatic nitrogens is 4. The highest BCUT2D eigenvalue weighted by Crippen LogP contribution is 2.10. The summed E-state index contributed by atoms with van der Waals surface area (Å²) in [5, 5.41) is 4.21. The van der Waals surface area contributed by atoms with Crippen molar-refractivity contribution >= 4 is 12.2 Å². The average Bonchev–Trinajstić information content (AvgIpc) is 2.73. The Balaban J connectivity index is 2.54. The number of aromatic amines is 1. The summed E-state index contributed by atoms with van der Waals surface area (Å²) in [6.07, 6.45) is 5.70. The number of nitrogens with one attached hydrogen (secondary N) is 1. The first-order valence-electron chi connectivity index (χ1n) is 4.52. The van der Waals surface area contributed by atoms with Gasteiger partial charge in [-0.25, -0.2) is 0 Å². The summed E-state index contributed by atoms with van der Waals surface area (Å²) in [4.78, 5) is 3.00. The third-order valence-corrected chi connectivity index (χ3v) is 2.46. The zero-order valence-corrected chi connectivity index (χ0v) is 9.01. The summed E-state index contributed by atoms with van der Waals surface area (Å²) in [7, 11) is 0. The van der Waals surface area contributed by atoms with E-state index in [9.17, 15) is 0 Å². The maximum Gasteiger partial charge on any atom is 0.182 e. The van der Waals surface area contributed by atoms with E-state index in [4.69, 9.17) is 12.2 Å². The molecule has 2 rings (SSSR count). The minimum atomic E-state index is 0.707. The molecule has 0 saturated heterocycles. The van der Waals surface area contributed by atoms with Crippen LogP contribution in [0.2, 0.25) is 0 Å². The van der Waals surface area contributed by atoms with Crippen LogP contribution in [0.4, 0.5) is 0 Å². The second-order valence-corrected chi connectivity index (χ2v) is 3.51. The maximum absolute atomic E-state index is 5.17. The Kier molecular flexibility index (Phi) is 2.25. The number of nitrogens with zero attached hydrogens (tertiary/aromatic N) is 3. The standard InChI is InChI=1S/C9H12N4S/c1-3-12-6-8(5-11-12)13-7(2)4-10-9(13)14/h4-6H,3H2,1-2H3,(H,10,14). The van der Waals surface area contributed by atoms with Gasteiger partial charge in [-0.05, 0) is 26.1 Å². The molecule has 0 radical (unpaired) electrons. The Morgan fingerprint density at radius 1 is 1.57 bits per heavy atom. The number of aryl methyl sites for hydroxylation is 2. The van der Waals surface area contributed by atoms with Crippen molar-refractivity contribution in [2.24, 2.45) is 0 Å². The van der Waals surface area contributed by atoms with Gasteiger partial charge in [0.2, 0.25) is 0 Å². The van der Waals surface area contributed by atoms with Crippen LogP contribution in [0.3, 0.4) is 0 Å². The summed E-state index contributed by atoms with van der Waals surface area (Å²) < 4.78 is 4.55. The Morgan fingerprint density at radius 2 is 2.36 bits per heavy atom. The van der Waals surface area contributed by atoms with Crippen LogP contribution in [0.5, 0.6) is 0 Å². The average molecular weight is 208 g/mol. The van der Waals surface area contributed by atoms with Crippen molar-refractivity contribution in [2.45, 2.75) is 20.4 Å². The number of H-pyrrole nitrogens is 1. The lowest BCUT2D eigenvalue weighted by Gasteiger charge is -1.99. The van der Waals surface area contributed by atoms with Crippen molar-refractivity contribution in [3.05, 3.63) is 29.1 Å². The van der Waals surface area contributed by atoms with Crippen molar-refractivity contribution in [3.63, 3.8) is 0 Å². The van der Waals surface area contributed by atoms with Gasteiger partial charge in [0.15, 0.2) is 4.77 Å². The number of rotatable bonds is 2. The van der Waals surface area contributed by atoms with Crippen LogP contribution in [0, 0.1) is 11.7 Å². The third kappa shape index (κ3) is 1.39. The first kappa shape index (κ1) is 9.21. The van der Waals surface area contributed by atoms with Crippen LogP contribution in [0.15, 0.2) is 18.6 Å². The highest BCUT2D eigenvalue weighted by Gasteiger charge is 2.04. The van der Waals surface area contributed by atoms with Gasteiger partial charge < -0.3 is 4.98 Å². The fourth-order valence-electron chi connectivity index (χ4n) is 1.42. The van der Waals surface area contributed by atoms with Gasteiger partial charge in [0.05, 0.1) is 11.9 Å². The predicted molar refractivity (Wildman–Crippen MR) is 57.1 cm³/mol. The molecule has 4 nitrogen and oxygen atoms in total. The SMILES string of the molecule is CCn1cc(-n2c(C)c[nH]c2=S)cn1. The van der Waals surface area contributed by atoms with E-state index in [1.54, 1.807) is 0 Å². The Morgan fingerprint density at radius 3 is 2.86 bits per heavy atom. The molecule has 0 aliphatic rings. The predicted octanol–water partition coefficient (Wildman–Crippen LogP) is 2.06. The smallest absolute Gasteiger partial charge is 0.182 e. The molecule has 2 aromatic rings. The van der Waals surface area contributed by atoms with E-state index in [2.05, 4.69) is 17.0 Å². The van der Waals surface area contributed by atoms with Crippen LogP contribution < -0.4 is 0 Å². The molecule has 14 heavy (non-hydrogen) atoms. The normalized spacial score (nSPS) is 10.7. The third-order valence-electron chi connectivity index (χ3n) is 2.16. The molecule has 0 amide bonds. The van der Waals surface area contributed by atoms with E-state index in [-0.39, 0.29) is 0 Å². The Labute approximate surface area is 87.2 Å². The van der Waals surface area contributed by atoms with Gasteiger partial charge in [-0.15, -0.1) is 0 Å². The minimum Gasteiger partial charge on any atom is -0.337 e. The molecule has 0 fully saturated rings. The van der Waals surface area contributed by atoms with Crippen molar-refractivity contribution in [1.29, 1.82) is 0 Å². The monoisotopic (exact) mass is 208 g/mol. The van der Waals surface area contributed by atoms with E-state index in [0.717, 1.165) is 17.9 Å². The highest BCUT2D eigenvalue weighted by molar-refractivity contribution is 7.71. The van der Waals surface area contributed by atoms with Crippen LogP contribution >= 0.6 is 12.2 Å². The van der Waals surface area contributed by atoms with Gasteiger partial charge in [-0.2, -0.15) is 5.10 Å². The Bertz CT molecular complexity index is 491. The lowest BCUT2D eigenvalue weighted by molar-refractivity contribution is 0.659. The molecular formula is C9H12N4S. The van der Waals surface area contributed by atoms with Crippen LogP contribution in [-0.4, -0.2) is 19.3 Å². The van der Waals surface area contributed by atoms with Gasteiger partial charge in [-0.1, -0.05) is 0 Å². The molecule has 0 bridgehead atoms. The van der Waals surface area contributed by atoms with Crippen molar-refractivity contribution < 1.29 is 0 Å². The maximum atomic E-state index is 5.17. The molecule has 2 aromatic heterocycles. The van der Waals surface area contributed by atoms with E-state index < -0.39 is 0 Å². The Hall–Kier alpha value is -1.36. The molecule has 5 heteroatoms. The molecule has 0 unspecified atom stereocenters. The second kappa shape index (κ2) is 3.42. The fourth-order valence-corrected chi connectivity index (χ4v) is 1.73. The lowest BCUT2D eigenvalue weighted by Crippen LogP contribution is -1.95. The van der Waals surface area contributed by atoms with Crippen LogP contribution in [0.1, 0.15) is 12.6 Å². The number of hydrogen-bond acceptors (Lipinski definition) is 2. The van der Waals surface area contributed by atoms with E-state index >= 15 is 0 Å².